The summed E-state index contributed by atoms with van der Waals surface area (Å²) in [5.41, 5.74) is 0. The first kappa shape index (κ1) is 23.8. The van der Waals surface area contributed by atoms with Crippen LogP contribution in [0, 0.1) is 11.8 Å². The maximum atomic E-state index is 12.1. The normalized spacial score (nSPS) is 23.6. The van der Waals surface area contributed by atoms with Gasteiger partial charge in [0.2, 0.25) is 15.5 Å². The van der Waals surface area contributed by atoms with Gasteiger partial charge in [-0.3, -0.25) is 9.59 Å². The van der Waals surface area contributed by atoms with E-state index in [1.165, 1.54) is 0 Å². The minimum atomic E-state index is -3.67. The summed E-state index contributed by atoms with van der Waals surface area (Å²) in [5.74, 6) is -1.19. The Hall–Kier alpha value is 0.777. The SMILES string of the molecule is FC(F)F.O=C1C2CC=CCC2C(=O)N1SC(Cl)(Cl)C(Cl)Cl.[LiH]. The summed E-state index contributed by atoms with van der Waals surface area (Å²) < 4.78 is 28.4. The molecule has 0 saturated carbocycles. The van der Waals surface area contributed by atoms with Gasteiger partial charge in [-0.2, -0.15) is 13.2 Å². The molecule has 0 spiro atoms. The average molecular weight is 427 g/mol. The van der Waals surface area contributed by atoms with Crippen LogP contribution in [0.25, 0.3) is 0 Å². The Morgan fingerprint density at radius 1 is 1.09 bits per heavy atom. The van der Waals surface area contributed by atoms with Gasteiger partial charge in [0.1, 0.15) is 0 Å². The van der Waals surface area contributed by atoms with E-state index in [4.69, 9.17) is 46.4 Å². The number of imide groups is 1. The van der Waals surface area contributed by atoms with Gasteiger partial charge in [-0.1, -0.05) is 35.4 Å². The van der Waals surface area contributed by atoms with Crippen LogP contribution in [0.4, 0.5) is 13.2 Å². The third kappa shape index (κ3) is 6.54. The van der Waals surface area contributed by atoms with Crippen LogP contribution in [0.2, 0.25) is 0 Å². The molecule has 1 aliphatic carbocycles. The number of amides is 2. The predicted molar refractivity (Wildman–Crippen MR) is 89.0 cm³/mol. The van der Waals surface area contributed by atoms with E-state index in [1.807, 2.05) is 12.2 Å². The summed E-state index contributed by atoms with van der Waals surface area (Å²) in [7, 11) is 0. The van der Waals surface area contributed by atoms with Crippen molar-refractivity contribution in [1.82, 2.24) is 4.31 Å². The van der Waals surface area contributed by atoms with Crippen LogP contribution < -0.4 is 0 Å². The van der Waals surface area contributed by atoms with Crippen molar-refractivity contribution >= 4 is 89.0 Å². The van der Waals surface area contributed by atoms with Crippen LogP contribution in [0.1, 0.15) is 12.8 Å². The molecule has 0 bridgehead atoms. The van der Waals surface area contributed by atoms with Crippen molar-refractivity contribution in [3.8, 4) is 0 Å². The monoisotopic (exact) mass is 425 g/mol. The molecule has 0 aromatic carbocycles. The van der Waals surface area contributed by atoms with E-state index in [-0.39, 0.29) is 42.5 Å². The zero-order chi connectivity index (χ0) is 17.1. The fourth-order valence-corrected chi connectivity index (χ4v) is 3.45. The van der Waals surface area contributed by atoms with E-state index in [1.54, 1.807) is 0 Å². The van der Waals surface area contributed by atoms with E-state index in [9.17, 15) is 22.8 Å². The molecule has 2 rings (SSSR count). The quantitative estimate of drug-likeness (QED) is 0.224. The zero-order valence-electron chi connectivity index (χ0n) is 10.7. The molecule has 2 atom stereocenters. The molecule has 0 aromatic rings. The number of fused-ring (bicyclic) bond motifs is 1. The molecule has 23 heavy (non-hydrogen) atoms. The number of hydrogen-bond acceptors (Lipinski definition) is 3. The Morgan fingerprint density at radius 3 is 1.74 bits per heavy atom. The van der Waals surface area contributed by atoms with Gasteiger partial charge >= 0.3 is 25.5 Å². The summed E-state index contributed by atoms with van der Waals surface area (Å²) in [6.07, 6.45) is 4.94. The standard InChI is InChI=1S/C10H9Cl4NO2S.CHF3.Li.H/c11-9(12)10(13,14)18-15-7(16)5-3-1-2-4-6(5)8(15)17;2-1(3)4;;/h1-2,5-6,9H,3-4H2;1H;;. The molecule has 2 aliphatic rings. The van der Waals surface area contributed by atoms with E-state index in [0.717, 1.165) is 4.31 Å². The molecule has 1 saturated heterocycles. The van der Waals surface area contributed by atoms with Crippen molar-refractivity contribution < 1.29 is 22.8 Å². The Labute approximate surface area is 167 Å². The van der Waals surface area contributed by atoms with Crippen molar-refractivity contribution in [1.29, 1.82) is 0 Å². The number of hydrogen-bond donors (Lipinski definition) is 0. The Morgan fingerprint density at radius 2 is 1.43 bits per heavy atom. The third-order valence-electron chi connectivity index (χ3n) is 2.93. The van der Waals surface area contributed by atoms with E-state index in [2.05, 4.69) is 0 Å². The Kier molecular flexibility index (Phi) is 10.4. The number of carbonyl (C=O) groups excluding carboxylic acids is 2. The van der Waals surface area contributed by atoms with Crippen LogP contribution in [0.3, 0.4) is 0 Å². The van der Waals surface area contributed by atoms with E-state index in [0.29, 0.717) is 24.8 Å². The summed E-state index contributed by atoms with van der Waals surface area (Å²) >= 11 is 23.7. The van der Waals surface area contributed by atoms with E-state index < -0.39 is 15.2 Å². The van der Waals surface area contributed by atoms with E-state index >= 15 is 0 Å². The number of alkyl halides is 7. The van der Waals surface area contributed by atoms with Gasteiger partial charge in [-0.05, 0) is 12.8 Å². The van der Waals surface area contributed by atoms with Crippen LogP contribution in [0.15, 0.2) is 12.2 Å². The summed E-state index contributed by atoms with van der Waals surface area (Å²) in [6, 6.07) is 0. The van der Waals surface area contributed by atoms with Gasteiger partial charge < -0.3 is 0 Å². The molecule has 1 heterocycles. The van der Waals surface area contributed by atoms with Gasteiger partial charge in [0.15, 0.2) is 4.84 Å². The minimum absolute atomic E-state index is 0. The first-order valence-electron chi connectivity index (χ1n) is 5.88. The Bertz CT molecular complexity index is 442. The molecule has 0 N–H and O–H groups in total. The molecular weight excluding hydrogens is 416 g/mol. The summed E-state index contributed by atoms with van der Waals surface area (Å²) in [4.78, 5) is 23.1. The van der Waals surface area contributed by atoms with Crippen LogP contribution in [0.5, 0.6) is 0 Å². The number of carbonyl (C=O) groups is 2. The van der Waals surface area contributed by atoms with Gasteiger partial charge in [0, 0.05) is 11.9 Å². The second-order valence-corrected chi connectivity index (χ2v) is 8.45. The topological polar surface area (TPSA) is 37.4 Å². The number of nitrogens with zero attached hydrogens (tertiary/aromatic N) is 1. The van der Waals surface area contributed by atoms with Gasteiger partial charge in [0.25, 0.3) is 0 Å². The summed E-state index contributed by atoms with van der Waals surface area (Å²) in [5, 5.41) is 0. The molecule has 2 amide bonds. The molecule has 0 aromatic heterocycles. The third-order valence-corrected chi connectivity index (χ3v) is 6.17. The zero-order valence-corrected chi connectivity index (χ0v) is 14.5. The van der Waals surface area contributed by atoms with Gasteiger partial charge in [0.05, 0.1) is 11.8 Å². The molecule has 1 aliphatic heterocycles. The van der Waals surface area contributed by atoms with Crippen molar-refractivity contribution in [3.63, 3.8) is 0 Å². The molecule has 3 nitrogen and oxygen atoms in total. The molecule has 128 valence electrons. The van der Waals surface area contributed by atoms with Crippen LogP contribution in [-0.4, -0.2) is 50.2 Å². The second kappa shape index (κ2) is 10.1. The average Bonchev–Trinajstić information content (AvgIpc) is 2.64. The molecular formula is C11H11Cl4F3LiNO2S. The summed E-state index contributed by atoms with van der Waals surface area (Å²) in [6.45, 7) is -3.67. The van der Waals surface area contributed by atoms with Crippen molar-refractivity contribution in [3.05, 3.63) is 12.2 Å². The molecule has 0 radical (unpaired) electrons. The second-order valence-electron chi connectivity index (χ2n) is 4.33. The van der Waals surface area contributed by atoms with Crippen molar-refractivity contribution in [2.24, 2.45) is 11.8 Å². The van der Waals surface area contributed by atoms with Gasteiger partial charge in [-0.25, -0.2) is 4.31 Å². The van der Waals surface area contributed by atoms with Crippen molar-refractivity contribution in [2.45, 2.75) is 28.0 Å². The number of rotatable bonds is 3. The van der Waals surface area contributed by atoms with Gasteiger partial charge in [-0.15, -0.1) is 23.2 Å². The van der Waals surface area contributed by atoms with Crippen LogP contribution in [-0.2, 0) is 9.59 Å². The first-order chi connectivity index (χ1) is 10.1. The first-order valence-corrected chi connectivity index (χ1v) is 8.28. The molecule has 1 fully saturated rings. The predicted octanol–water partition coefficient (Wildman–Crippen LogP) is 4.05. The Balaban J connectivity index is 0.000000871. The number of allylic oxidation sites excluding steroid dienone is 2. The van der Waals surface area contributed by atoms with Crippen molar-refractivity contribution in [2.75, 3.05) is 0 Å². The maximum absolute atomic E-state index is 12.1. The fraction of sp³-hybridized carbons (Fsp3) is 0.636. The molecule has 12 heteroatoms. The number of halogens is 7. The fourth-order valence-electron chi connectivity index (χ4n) is 2.02. The van der Waals surface area contributed by atoms with Crippen LogP contribution >= 0.6 is 58.4 Å². The molecule has 2 unspecified atom stereocenters.